The number of hydrogen-bond acceptors (Lipinski definition) is 4. The molecule has 2 atom stereocenters. The van der Waals surface area contributed by atoms with Gasteiger partial charge < -0.3 is 10.2 Å². The summed E-state index contributed by atoms with van der Waals surface area (Å²) >= 11 is 0. The molecule has 0 aromatic carbocycles. The molecule has 2 aliphatic heterocycles. The number of fused-ring (bicyclic) bond motifs is 1. The number of piperazine rings is 1. The number of carbonyl (C=O) groups is 1. The summed E-state index contributed by atoms with van der Waals surface area (Å²) in [5.41, 5.74) is -0.884. The maximum absolute atomic E-state index is 12.8. The molecule has 27 heavy (non-hydrogen) atoms. The molecule has 0 bridgehead atoms. The number of halogens is 3. The Morgan fingerprint density at radius 1 is 1.26 bits per heavy atom. The summed E-state index contributed by atoms with van der Waals surface area (Å²) in [6.45, 7) is 7.07. The first kappa shape index (κ1) is 19.9. The van der Waals surface area contributed by atoms with Gasteiger partial charge in [-0.05, 0) is 31.4 Å². The van der Waals surface area contributed by atoms with E-state index >= 15 is 0 Å². The van der Waals surface area contributed by atoms with E-state index in [1.807, 2.05) is 18.7 Å². The molecule has 150 valence electrons. The largest absolute Gasteiger partial charge is 0.433 e. The maximum Gasteiger partial charge on any atom is 0.433 e. The molecular formula is C19H27F3N4O. The highest BCUT2D eigenvalue weighted by atomic mass is 19.4. The van der Waals surface area contributed by atoms with Crippen molar-refractivity contribution in [1.82, 2.24) is 14.8 Å². The third-order valence-corrected chi connectivity index (χ3v) is 5.65. The molecule has 1 amide bonds. The lowest BCUT2D eigenvalue weighted by molar-refractivity contribution is -0.141. The van der Waals surface area contributed by atoms with Gasteiger partial charge in [-0.2, -0.15) is 13.2 Å². The van der Waals surface area contributed by atoms with E-state index in [9.17, 15) is 18.0 Å². The van der Waals surface area contributed by atoms with E-state index in [-0.39, 0.29) is 29.7 Å². The van der Waals surface area contributed by atoms with E-state index in [4.69, 9.17) is 0 Å². The number of anilines is 1. The molecule has 2 fully saturated rings. The summed E-state index contributed by atoms with van der Waals surface area (Å²) in [5.74, 6) is 0.566. The quantitative estimate of drug-likeness (QED) is 0.847. The summed E-state index contributed by atoms with van der Waals surface area (Å²) in [5, 5.41) is 3.14. The molecule has 0 unspecified atom stereocenters. The number of hydrogen-bond donors (Lipinski definition) is 1. The SMILES string of the molecule is CCC(CC)C(=O)N1CCN2C[C@@H](Nc3cccc(C(F)(F)F)n3)C[C@H]2C1. The van der Waals surface area contributed by atoms with Gasteiger partial charge in [0.25, 0.3) is 0 Å². The second kappa shape index (κ2) is 8.04. The zero-order valence-corrected chi connectivity index (χ0v) is 15.8. The first-order valence-corrected chi connectivity index (χ1v) is 9.65. The number of rotatable bonds is 5. The van der Waals surface area contributed by atoms with Crippen molar-refractivity contribution in [3.63, 3.8) is 0 Å². The van der Waals surface area contributed by atoms with E-state index < -0.39 is 11.9 Å². The van der Waals surface area contributed by atoms with E-state index in [1.165, 1.54) is 6.07 Å². The molecule has 5 nitrogen and oxygen atoms in total. The molecule has 3 rings (SSSR count). The Balaban J connectivity index is 1.60. The number of alkyl halides is 3. The number of pyridine rings is 1. The van der Waals surface area contributed by atoms with E-state index in [2.05, 4.69) is 15.2 Å². The van der Waals surface area contributed by atoms with Crippen LogP contribution in [0.1, 0.15) is 38.8 Å². The Kier molecular flexibility index (Phi) is 5.93. The van der Waals surface area contributed by atoms with Crippen LogP contribution in [0.2, 0.25) is 0 Å². The summed E-state index contributed by atoms with van der Waals surface area (Å²) < 4.78 is 38.5. The predicted octanol–water partition coefficient (Wildman–Crippen LogP) is 3.23. The second-order valence-electron chi connectivity index (χ2n) is 7.43. The third-order valence-electron chi connectivity index (χ3n) is 5.65. The molecular weight excluding hydrogens is 357 g/mol. The van der Waals surface area contributed by atoms with Gasteiger partial charge in [-0.15, -0.1) is 0 Å². The molecule has 8 heteroatoms. The number of carbonyl (C=O) groups excluding carboxylic acids is 1. The van der Waals surface area contributed by atoms with Crippen LogP contribution in [0.15, 0.2) is 18.2 Å². The highest BCUT2D eigenvalue weighted by molar-refractivity contribution is 5.79. The lowest BCUT2D eigenvalue weighted by atomic mass is 10.0. The molecule has 3 heterocycles. The fourth-order valence-electron chi connectivity index (χ4n) is 4.13. The van der Waals surface area contributed by atoms with Crippen molar-refractivity contribution < 1.29 is 18.0 Å². The first-order chi connectivity index (χ1) is 12.8. The molecule has 0 aliphatic carbocycles. The highest BCUT2D eigenvalue weighted by Gasteiger charge is 2.38. The third kappa shape index (κ3) is 4.54. The van der Waals surface area contributed by atoms with Crippen LogP contribution in [0.3, 0.4) is 0 Å². The highest BCUT2D eigenvalue weighted by Crippen LogP contribution is 2.29. The van der Waals surface area contributed by atoms with Gasteiger partial charge in [0.1, 0.15) is 11.5 Å². The van der Waals surface area contributed by atoms with Gasteiger partial charge in [0.15, 0.2) is 0 Å². The molecule has 0 saturated carbocycles. The average Bonchev–Trinajstić information content (AvgIpc) is 3.03. The Morgan fingerprint density at radius 2 is 2.00 bits per heavy atom. The molecule has 2 saturated heterocycles. The molecule has 1 N–H and O–H groups in total. The van der Waals surface area contributed by atoms with Gasteiger partial charge in [-0.1, -0.05) is 19.9 Å². The van der Waals surface area contributed by atoms with E-state index in [0.717, 1.165) is 45.0 Å². The van der Waals surface area contributed by atoms with Crippen LogP contribution < -0.4 is 5.32 Å². The fraction of sp³-hybridized carbons (Fsp3) is 0.684. The van der Waals surface area contributed by atoms with Crippen LogP contribution in [0.25, 0.3) is 0 Å². The van der Waals surface area contributed by atoms with E-state index in [1.54, 1.807) is 6.07 Å². The Hall–Kier alpha value is -1.83. The van der Waals surface area contributed by atoms with Crippen LogP contribution in [0.4, 0.5) is 19.0 Å². The number of nitrogens with zero attached hydrogens (tertiary/aromatic N) is 3. The number of nitrogens with one attached hydrogen (secondary N) is 1. The standard InChI is InChI=1S/C19H27F3N4O/c1-3-13(4-2)18(27)26-9-8-25-11-14(10-15(25)12-26)23-17-7-5-6-16(24-17)19(20,21)22/h5-7,13-15H,3-4,8-12H2,1-2H3,(H,23,24)/t14-,15-/m0/s1. The predicted molar refractivity (Wildman–Crippen MR) is 97.3 cm³/mol. The zero-order chi connectivity index (χ0) is 19.6. The molecule has 2 aliphatic rings. The van der Waals surface area contributed by atoms with Gasteiger partial charge in [-0.25, -0.2) is 4.98 Å². The Bertz CT molecular complexity index is 663. The average molecular weight is 384 g/mol. The van der Waals surface area contributed by atoms with Crippen molar-refractivity contribution in [2.24, 2.45) is 5.92 Å². The zero-order valence-electron chi connectivity index (χ0n) is 15.8. The minimum absolute atomic E-state index is 0.0363. The monoisotopic (exact) mass is 384 g/mol. The van der Waals surface area contributed by atoms with Crippen LogP contribution >= 0.6 is 0 Å². The second-order valence-corrected chi connectivity index (χ2v) is 7.43. The van der Waals surface area contributed by atoms with Crippen molar-refractivity contribution in [2.45, 2.75) is 51.4 Å². The van der Waals surface area contributed by atoms with Gasteiger partial charge >= 0.3 is 6.18 Å². The van der Waals surface area contributed by atoms with Gasteiger partial charge in [0, 0.05) is 44.2 Å². The van der Waals surface area contributed by atoms with Gasteiger partial charge in [0.2, 0.25) is 5.91 Å². The van der Waals surface area contributed by atoms with Crippen molar-refractivity contribution in [2.75, 3.05) is 31.5 Å². The Morgan fingerprint density at radius 3 is 2.67 bits per heavy atom. The topological polar surface area (TPSA) is 48.5 Å². The van der Waals surface area contributed by atoms with Crippen LogP contribution in [-0.4, -0.2) is 59.0 Å². The lowest BCUT2D eigenvalue weighted by Gasteiger charge is -2.38. The first-order valence-electron chi connectivity index (χ1n) is 9.65. The van der Waals surface area contributed by atoms with Gasteiger partial charge in [-0.3, -0.25) is 9.69 Å². The van der Waals surface area contributed by atoms with Crippen LogP contribution in [0.5, 0.6) is 0 Å². The number of amides is 1. The Labute approximate surface area is 157 Å². The summed E-state index contributed by atoms with van der Waals surface area (Å²) in [4.78, 5) is 20.6. The van der Waals surface area contributed by atoms with Crippen LogP contribution in [0, 0.1) is 5.92 Å². The summed E-state index contributed by atoms with van der Waals surface area (Å²) in [6, 6.07) is 4.20. The summed E-state index contributed by atoms with van der Waals surface area (Å²) in [6.07, 6.45) is -1.94. The molecule has 0 spiro atoms. The lowest BCUT2D eigenvalue weighted by Crippen LogP contribution is -2.53. The van der Waals surface area contributed by atoms with Crippen LogP contribution in [-0.2, 0) is 11.0 Å². The van der Waals surface area contributed by atoms with Crippen molar-refractivity contribution in [3.05, 3.63) is 23.9 Å². The molecule has 1 aromatic rings. The van der Waals surface area contributed by atoms with E-state index in [0.29, 0.717) is 6.54 Å². The normalized spacial score (nSPS) is 23.6. The molecule has 1 aromatic heterocycles. The minimum atomic E-state index is -4.44. The summed E-state index contributed by atoms with van der Waals surface area (Å²) in [7, 11) is 0. The molecule has 0 radical (unpaired) electrons. The van der Waals surface area contributed by atoms with Crippen molar-refractivity contribution in [1.29, 1.82) is 0 Å². The number of aromatic nitrogens is 1. The fourth-order valence-corrected chi connectivity index (χ4v) is 4.13. The van der Waals surface area contributed by atoms with Crippen molar-refractivity contribution >= 4 is 11.7 Å². The van der Waals surface area contributed by atoms with Gasteiger partial charge in [0.05, 0.1) is 0 Å². The maximum atomic E-state index is 12.8. The minimum Gasteiger partial charge on any atom is -0.366 e. The smallest absolute Gasteiger partial charge is 0.366 e. The van der Waals surface area contributed by atoms with Crippen molar-refractivity contribution in [3.8, 4) is 0 Å².